The fourth-order valence-corrected chi connectivity index (χ4v) is 2.18. The van der Waals surface area contributed by atoms with Gasteiger partial charge in [0.15, 0.2) is 23.1 Å². The molecule has 25 heavy (non-hydrogen) atoms. The number of halogens is 7. The molecule has 2 aromatic carbocycles. The van der Waals surface area contributed by atoms with Crippen LogP contribution in [0.1, 0.15) is 5.56 Å². The van der Waals surface area contributed by atoms with Gasteiger partial charge in [0.2, 0.25) is 0 Å². The molecular formula is C15H9BrClF5N2O. The minimum absolute atomic E-state index is 0.0159. The average molecular weight is 444 g/mol. The Hall–Kier alpha value is -1.87. The number of alkyl halides is 4. The van der Waals surface area contributed by atoms with Crippen LogP contribution in [0.3, 0.4) is 0 Å². The largest absolute Gasteiger partial charge is 0.449 e. The molecule has 0 radical (unpaired) electrons. The van der Waals surface area contributed by atoms with E-state index in [1.54, 1.807) is 6.07 Å². The molecular weight excluding hydrogens is 435 g/mol. The highest BCUT2D eigenvalue weighted by atomic mass is 79.9. The molecule has 0 atom stereocenters. The Morgan fingerprint density at radius 2 is 1.76 bits per heavy atom. The zero-order valence-corrected chi connectivity index (χ0v) is 14.5. The molecule has 10 heteroatoms. The van der Waals surface area contributed by atoms with Crippen LogP contribution in [0.25, 0.3) is 0 Å². The summed E-state index contributed by atoms with van der Waals surface area (Å²) in [5.41, 5.74) is 4.14. The molecule has 0 amide bonds. The summed E-state index contributed by atoms with van der Waals surface area (Å²) in [5.74, 6) is -4.22. The molecule has 0 saturated heterocycles. The van der Waals surface area contributed by atoms with E-state index in [4.69, 9.17) is 22.1 Å². The number of benzene rings is 2. The Morgan fingerprint density at radius 1 is 1.16 bits per heavy atom. The van der Waals surface area contributed by atoms with E-state index >= 15 is 0 Å². The van der Waals surface area contributed by atoms with Crippen LogP contribution in [0.2, 0.25) is 0 Å². The highest BCUT2D eigenvalue weighted by Gasteiger charge is 2.33. The van der Waals surface area contributed by atoms with Crippen LogP contribution < -0.4 is 10.5 Å². The number of hydrogen-bond acceptors (Lipinski definition) is 2. The first-order chi connectivity index (χ1) is 11.6. The van der Waals surface area contributed by atoms with Crippen LogP contribution in [-0.4, -0.2) is 11.7 Å². The van der Waals surface area contributed by atoms with Crippen LogP contribution >= 0.6 is 27.5 Å². The second kappa shape index (κ2) is 7.57. The topological polar surface area (TPSA) is 47.6 Å². The van der Waals surface area contributed by atoms with E-state index in [1.807, 2.05) is 0 Å². The summed E-state index contributed by atoms with van der Waals surface area (Å²) in [6.07, 6.45) is -4.89. The summed E-state index contributed by atoms with van der Waals surface area (Å²) >= 11 is 8.67. The lowest BCUT2D eigenvalue weighted by molar-refractivity contribution is -0.138. The minimum Gasteiger partial charge on any atom is -0.449 e. The second-order valence-electron chi connectivity index (χ2n) is 4.72. The lowest BCUT2D eigenvalue weighted by Crippen LogP contribution is -2.12. The SMILES string of the molecule is NC(CCl)=Nc1ccc(Br)cc1Oc1c(F)cc(C(F)(F)F)cc1F. The van der Waals surface area contributed by atoms with E-state index in [1.165, 1.54) is 12.1 Å². The summed E-state index contributed by atoms with van der Waals surface area (Å²) in [7, 11) is 0. The third-order valence-corrected chi connectivity index (χ3v) is 3.63. The third-order valence-electron chi connectivity index (χ3n) is 2.86. The van der Waals surface area contributed by atoms with Crippen molar-refractivity contribution in [3.05, 3.63) is 52.0 Å². The predicted molar refractivity (Wildman–Crippen MR) is 87.6 cm³/mol. The summed E-state index contributed by atoms with van der Waals surface area (Å²) in [6, 6.07) is 4.61. The zero-order chi connectivity index (χ0) is 18.8. The lowest BCUT2D eigenvalue weighted by atomic mass is 10.2. The molecule has 0 heterocycles. The molecule has 0 aliphatic carbocycles. The number of nitrogens with two attached hydrogens (primary N) is 1. The first-order valence-corrected chi connectivity index (χ1v) is 7.87. The van der Waals surface area contributed by atoms with Gasteiger partial charge in [-0.15, -0.1) is 11.6 Å². The quantitative estimate of drug-likeness (QED) is 0.282. The highest BCUT2D eigenvalue weighted by Crippen LogP contribution is 2.39. The fraction of sp³-hybridized carbons (Fsp3) is 0.133. The van der Waals surface area contributed by atoms with Crippen molar-refractivity contribution in [1.29, 1.82) is 0 Å². The van der Waals surface area contributed by atoms with Crippen molar-refractivity contribution < 1.29 is 26.7 Å². The van der Waals surface area contributed by atoms with E-state index in [0.717, 1.165) is 0 Å². The molecule has 0 aliphatic heterocycles. The van der Waals surface area contributed by atoms with Crippen LogP contribution in [0.4, 0.5) is 27.6 Å². The summed E-state index contributed by atoms with van der Waals surface area (Å²) in [4.78, 5) is 3.92. The van der Waals surface area contributed by atoms with Crippen molar-refractivity contribution in [2.75, 3.05) is 5.88 Å². The maximum absolute atomic E-state index is 13.9. The normalized spacial score (nSPS) is 12.4. The van der Waals surface area contributed by atoms with Gasteiger partial charge < -0.3 is 10.5 Å². The lowest BCUT2D eigenvalue weighted by Gasteiger charge is -2.13. The van der Waals surface area contributed by atoms with Crippen molar-refractivity contribution in [2.45, 2.75) is 6.18 Å². The molecule has 0 aliphatic rings. The van der Waals surface area contributed by atoms with Gasteiger partial charge in [-0.1, -0.05) is 15.9 Å². The van der Waals surface area contributed by atoms with E-state index < -0.39 is 29.1 Å². The minimum atomic E-state index is -4.89. The predicted octanol–water partition coefficient (Wildman–Crippen LogP) is 5.77. The molecule has 2 rings (SSSR count). The molecule has 0 bridgehead atoms. The van der Waals surface area contributed by atoms with Gasteiger partial charge in [0, 0.05) is 4.47 Å². The highest BCUT2D eigenvalue weighted by molar-refractivity contribution is 9.10. The fourth-order valence-electron chi connectivity index (χ4n) is 1.78. The van der Waals surface area contributed by atoms with Gasteiger partial charge in [-0.05, 0) is 30.3 Å². The number of ether oxygens (including phenoxy) is 1. The number of rotatable bonds is 4. The molecule has 3 nitrogen and oxygen atoms in total. The van der Waals surface area contributed by atoms with Gasteiger partial charge in [0.1, 0.15) is 11.5 Å². The monoisotopic (exact) mass is 442 g/mol. The Bertz CT molecular complexity index is 803. The molecule has 2 N–H and O–H groups in total. The molecule has 0 saturated carbocycles. The van der Waals surface area contributed by atoms with Crippen molar-refractivity contribution >= 4 is 39.1 Å². The summed E-state index contributed by atoms with van der Waals surface area (Å²) in [6.45, 7) is 0. The van der Waals surface area contributed by atoms with Crippen LogP contribution in [0.5, 0.6) is 11.5 Å². The molecule has 2 aromatic rings. The van der Waals surface area contributed by atoms with E-state index in [2.05, 4.69) is 20.9 Å². The Kier molecular flexibility index (Phi) is 5.89. The van der Waals surface area contributed by atoms with E-state index in [9.17, 15) is 22.0 Å². The molecule has 0 spiro atoms. The van der Waals surface area contributed by atoms with Gasteiger partial charge in [0.05, 0.1) is 11.4 Å². The van der Waals surface area contributed by atoms with Crippen molar-refractivity contribution in [3.63, 3.8) is 0 Å². The van der Waals surface area contributed by atoms with Gasteiger partial charge in [0.25, 0.3) is 0 Å². The third kappa shape index (κ3) is 4.82. The number of nitrogens with zero attached hydrogens (tertiary/aromatic N) is 1. The maximum atomic E-state index is 13.9. The Labute approximate surface area is 152 Å². The number of amidine groups is 1. The van der Waals surface area contributed by atoms with Crippen LogP contribution in [-0.2, 0) is 6.18 Å². The first kappa shape index (κ1) is 19.5. The number of aliphatic imine (C=N–C) groups is 1. The van der Waals surface area contributed by atoms with Gasteiger partial charge in [-0.3, -0.25) is 0 Å². The molecule has 0 unspecified atom stereocenters. The standard InChI is InChI=1S/C15H9BrClF5N2O/c16-8-1-2-11(24-13(23)6-17)12(5-8)25-14-9(18)3-7(4-10(14)19)15(20,21)22/h1-5H,6H2,(H2,23,24). The number of hydrogen-bond donors (Lipinski definition) is 1. The van der Waals surface area contributed by atoms with E-state index in [0.29, 0.717) is 4.47 Å². The van der Waals surface area contributed by atoms with E-state index in [-0.39, 0.29) is 35.3 Å². The van der Waals surface area contributed by atoms with Crippen LogP contribution in [0.15, 0.2) is 39.8 Å². The maximum Gasteiger partial charge on any atom is 0.416 e. The second-order valence-corrected chi connectivity index (χ2v) is 5.90. The van der Waals surface area contributed by atoms with Gasteiger partial charge in [-0.25, -0.2) is 13.8 Å². The van der Waals surface area contributed by atoms with Gasteiger partial charge in [-0.2, -0.15) is 13.2 Å². The smallest absolute Gasteiger partial charge is 0.416 e. The van der Waals surface area contributed by atoms with Crippen molar-refractivity contribution in [3.8, 4) is 11.5 Å². The van der Waals surface area contributed by atoms with Gasteiger partial charge >= 0.3 is 6.18 Å². The molecule has 0 aromatic heterocycles. The average Bonchev–Trinajstić information content (AvgIpc) is 2.51. The summed E-state index contributed by atoms with van der Waals surface area (Å²) in [5, 5.41) is 0. The van der Waals surface area contributed by atoms with Crippen molar-refractivity contribution in [2.24, 2.45) is 10.7 Å². The Balaban J connectivity index is 2.48. The summed E-state index contributed by atoms with van der Waals surface area (Å²) < 4.78 is 71.2. The zero-order valence-electron chi connectivity index (χ0n) is 12.2. The Morgan fingerprint density at radius 3 is 2.28 bits per heavy atom. The molecule has 0 fully saturated rings. The first-order valence-electron chi connectivity index (χ1n) is 6.54. The molecule has 134 valence electrons. The van der Waals surface area contributed by atoms with Crippen molar-refractivity contribution in [1.82, 2.24) is 0 Å². The van der Waals surface area contributed by atoms with Crippen LogP contribution in [0, 0.1) is 11.6 Å².